The lowest BCUT2D eigenvalue weighted by molar-refractivity contribution is -0.137. The molecule has 108 valence electrons. The molecule has 0 saturated carbocycles. The molecule has 2 N–H and O–H groups in total. The lowest BCUT2D eigenvalue weighted by Crippen LogP contribution is -2.24. The fraction of sp³-hybridized carbons (Fsp3) is 0.538. The van der Waals surface area contributed by atoms with Crippen LogP contribution >= 0.6 is 0 Å². The van der Waals surface area contributed by atoms with Crippen molar-refractivity contribution in [1.82, 2.24) is 5.32 Å². The van der Waals surface area contributed by atoms with Crippen LogP contribution in [-0.4, -0.2) is 33.4 Å². The Kier molecular flexibility index (Phi) is 6.66. The first-order valence-electron chi connectivity index (χ1n) is 6.15. The van der Waals surface area contributed by atoms with Gasteiger partial charge in [-0.1, -0.05) is 6.07 Å². The molecule has 1 rings (SSSR count). The van der Waals surface area contributed by atoms with Gasteiger partial charge in [-0.2, -0.15) is 13.2 Å². The van der Waals surface area contributed by atoms with Crippen LogP contribution in [0.5, 0.6) is 0 Å². The normalized spacial score (nSPS) is 11.6. The van der Waals surface area contributed by atoms with E-state index >= 15 is 0 Å². The summed E-state index contributed by atoms with van der Waals surface area (Å²) >= 11 is 0. The Morgan fingerprint density at radius 3 is 2.63 bits per heavy atom. The molecule has 3 nitrogen and oxygen atoms in total. The van der Waals surface area contributed by atoms with Gasteiger partial charge >= 0.3 is 6.18 Å². The Hall–Kier alpha value is -1.27. The van der Waals surface area contributed by atoms with E-state index in [0.29, 0.717) is 25.4 Å². The van der Waals surface area contributed by atoms with E-state index in [0.717, 1.165) is 25.1 Å². The largest absolute Gasteiger partial charge is 0.416 e. The number of anilines is 1. The highest BCUT2D eigenvalue weighted by molar-refractivity contribution is 5.46. The monoisotopic (exact) mass is 276 g/mol. The summed E-state index contributed by atoms with van der Waals surface area (Å²) < 4.78 is 42.3. The summed E-state index contributed by atoms with van der Waals surface area (Å²) in [6.07, 6.45) is -3.38. The lowest BCUT2D eigenvalue weighted by atomic mass is 10.2. The number of methoxy groups -OCH3 is 1. The van der Waals surface area contributed by atoms with Gasteiger partial charge in [0.2, 0.25) is 0 Å². The van der Waals surface area contributed by atoms with Crippen LogP contribution < -0.4 is 10.6 Å². The van der Waals surface area contributed by atoms with Crippen LogP contribution in [0.25, 0.3) is 0 Å². The number of hydrogen-bond acceptors (Lipinski definition) is 3. The van der Waals surface area contributed by atoms with Gasteiger partial charge in [0.05, 0.1) is 5.56 Å². The molecule has 0 unspecified atom stereocenters. The molecule has 0 spiro atoms. The van der Waals surface area contributed by atoms with Gasteiger partial charge in [-0.05, 0) is 31.2 Å². The zero-order chi connectivity index (χ0) is 14.1. The maximum atomic E-state index is 12.5. The fourth-order valence-electron chi connectivity index (χ4n) is 1.57. The molecular formula is C13H19F3N2O. The highest BCUT2D eigenvalue weighted by Crippen LogP contribution is 2.30. The summed E-state index contributed by atoms with van der Waals surface area (Å²) in [5, 5.41) is 6.12. The number of hydrogen-bond donors (Lipinski definition) is 2. The van der Waals surface area contributed by atoms with E-state index in [9.17, 15) is 13.2 Å². The minimum Gasteiger partial charge on any atom is -0.385 e. The van der Waals surface area contributed by atoms with E-state index in [1.54, 1.807) is 13.2 Å². The van der Waals surface area contributed by atoms with E-state index < -0.39 is 11.7 Å². The highest BCUT2D eigenvalue weighted by Gasteiger charge is 2.30. The van der Waals surface area contributed by atoms with Gasteiger partial charge in [-0.3, -0.25) is 0 Å². The Labute approximate surface area is 111 Å². The van der Waals surface area contributed by atoms with Crippen LogP contribution in [0.15, 0.2) is 24.3 Å². The minimum absolute atomic E-state index is 0.480. The third-order valence-corrected chi connectivity index (χ3v) is 2.52. The van der Waals surface area contributed by atoms with Crippen molar-refractivity contribution in [2.45, 2.75) is 12.6 Å². The maximum Gasteiger partial charge on any atom is 0.416 e. The van der Waals surface area contributed by atoms with Gasteiger partial charge in [0, 0.05) is 32.5 Å². The van der Waals surface area contributed by atoms with Crippen LogP contribution in [0, 0.1) is 0 Å². The number of halogens is 3. The zero-order valence-corrected chi connectivity index (χ0v) is 10.9. The van der Waals surface area contributed by atoms with E-state index in [2.05, 4.69) is 10.6 Å². The van der Waals surface area contributed by atoms with Crippen molar-refractivity contribution in [3.05, 3.63) is 29.8 Å². The molecule has 0 atom stereocenters. The third-order valence-electron chi connectivity index (χ3n) is 2.52. The lowest BCUT2D eigenvalue weighted by Gasteiger charge is -2.11. The summed E-state index contributed by atoms with van der Waals surface area (Å²) in [6.45, 7) is 2.81. The Balaban J connectivity index is 2.26. The third kappa shape index (κ3) is 6.45. The summed E-state index contributed by atoms with van der Waals surface area (Å²) in [5.41, 5.74) is -0.154. The van der Waals surface area contributed by atoms with Gasteiger partial charge < -0.3 is 15.4 Å². The quantitative estimate of drug-likeness (QED) is 0.716. The van der Waals surface area contributed by atoms with Crippen LogP contribution in [0.2, 0.25) is 0 Å². The molecule has 0 aliphatic heterocycles. The molecule has 0 heterocycles. The summed E-state index contributed by atoms with van der Waals surface area (Å²) in [7, 11) is 1.65. The number of benzene rings is 1. The number of nitrogens with one attached hydrogen (secondary N) is 2. The van der Waals surface area contributed by atoms with Crippen molar-refractivity contribution in [1.29, 1.82) is 0 Å². The molecule has 0 aliphatic carbocycles. The maximum absolute atomic E-state index is 12.5. The molecule has 0 fully saturated rings. The fourth-order valence-corrected chi connectivity index (χ4v) is 1.57. The molecule has 0 amide bonds. The van der Waals surface area contributed by atoms with Gasteiger partial charge in [0.15, 0.2) is 0 Å². The Bertz CT molecular complexity index is 369. The average molecular weight is 276 g/mol. The number of ether oxygens (including phenoxy) is 1. The van der Waals surface area contributed by atoms with Crippen molar-refractivity contribution in [3.8, 4) is 0 Å². The highest BCUT2D eigenvalue weighted by atomic mass is 19.4. The summed E-state index contributed by atoms with van der Waals surface area (Å²) in [6, 6.07) is 5.20. The van der Waals surface area contributed by atoms with Crippen LogP contribution in [0.1, 0.15) is 12.0 Å². The molecule has 0 bridgehead atoms. The molecule has 6 heteroatoms. The topological polar surface area (TPSA) is 33.3 Å². The van der Waals surface area contributed by atoms with Crippen LogP contribution in [0.3, 0.4) is 0 Å². The first-order valence-corrected chi connectivity index (χ1v) is 6.15. The first-order chi connectivity index (χ1) is 9.04. The SMILES string of the molecule is COCCCNCCNc1cccc(C(F)(F)F)c1. The van der Waals surface area contributed by atoms with Crippen molar-refractivity contribution >= 4 is 5.69 Å². The Morgan fingerprint density at radius 2 is 1.95 bits per heavy atom. The second kappa shape index (κ2) is 8.01. The summed E-state index contributed by atoms with van der Waals surface area (Å²) in [5.74, 6) is 0. The molecule has 0 radical (unpaired) electrons. The number of rotatable bonds is 8. The zero-order valence-electron chi connectivity index (χ0n) is 10.9. The van der Waals surface area contributed by atoms with Gasteiger partial charge in [-0.25, -0.2) is 0 Å². The molecule has 0 aromatic heterocycles. The molecule has 1 aromatic rings. The second-order valence-corrected chi connectivity index (χ2v) is 4.10. The average Bonchev–Trinajstić information content (AvgIpc) is 2.37. The van der Waals surface area contributed by atoms with Crippen LogP contribution in [-0.2, 0) is 10.9 Å². The van der Waals surface area contributed by atoms with E-state index in [4.69, 9.17) is 4.74 Å². The Morgan fingerprint density at radius 1 is 1.16 bits per heavy atom. The summed E-state index contributed by atoms with van der Waals surface area (Å²) in [4.78, 5) is 0. The van der Waals surface area contributed by atoms with Crippen LogP contribution in [0.4, 0.5) is 18.9 Å². The van der Waals surface area contributed by atoms with Gasteiger partial charge in [-0.15, -0.1) is 0 Å². The van der Waals surface area contributed by atoms with E-state index in [1.165, 1.54) is 6.07 Å². The predicted molar refractivity (Wildman–Crippen MR) is 69.3 cm³/mol. The van der Waals surface area contributed by atoms with Gasteiger partial charge in [0.1, 0.15) is 0 Å². The molecule has 0 saturated heterocycles. The van der Waals surface area contributed by atoms with Crippen molar-refractivity contribution in [2.24, 2.45) is 0 Å². The molecule has 0 aliphatic rings. The molecule has 1 aromatic carbocycles. The van der Waals surface area contributed by atoms with Crippen molar-refractivity contribution < 1.29 is 17.9 Å². The first kappa shape index (κ1) is 15.8. The van der Waals surface area contributed by atoms with Crippen molar-refractivity contribution in [3.63, 3.8) is 0 Å². The molecule has 19 heavy (non-hydrogen) atoms. The molecular weight excluding hydrogens is 257 g/mol. The predicted octanol–water partition coefficient (Wildman–Crippen LogP) is 2.74. The smallest absolute Gasteiger partial charge is 0.385 e. The number of alkyl halides is 3. The van der Waals surface area contributed by atoms with E-state index in [1.807, 2.05) is 0 Å². The second-order valence-electron chi connectivity index (χ2n) is 4.10. The van der Waals surface area contributed by atoms with E-state index in [-0.39, 0.29) is 0 Å². The standard InChI is InChI=1S/C13H19F3N2O/c1-19-9-3-6-17-7-8-18-12-5-2-4-11(10-12)13(14,15)16/h2,4-5,10,17-18H,3,6-9H2,1H3. The van der Waals surface area contributed by atoms with Gasteiger partial charge in [0.25, 0.3) is 0 Å². The minimum atomic E-state index is -4.30. The van der Waals surface area contributed by atoms with Crippen molar-refractivity contribution in [2.75, 3.05) is 38.7 Å².